The van der Waals surface area contributed by atoms with Gasteiger partial charge in [-0.1, -0.05) is 37.3 Å². The van der Waals surface area contributed by atoms with Crippen LogP contribution in [-0.4, -0.2) is 54.6 Å². The number of amides is 1. The van der Waals surface area contributed by atoms with Gasteiger partial charge in [-0.25, -0.2) is 0 Å². The fourth-order valence-electron chi connectivity index (χ4n) is 4.37. The lowest BCUT2D eigenvalue weighted by molar-refractivity contribution is -0.141. The number of carbonyl (C=O) groups is 2. The van der Waals surface area contributed by atoms with Crippen LogP contribution in [0.4, 0.5) is 0 Å². The van der Waals surface area contributed by atoms with E-state index in [-0.39, 0.29) is 6.04 Å². The summed E-state index contributed by atoms with van der Waals surface area (Å²) in [7, 11) is 0. The van der Waals surface area contributed by atoms with Crippen molar-refractivity contribution in [2.45, 2.75) is 59.4 Å². The topological polar surface area (TPSA) is 90.9 Å². The molecule has 1 heterocycles. The zero-order valence-electron chi connectivity index (χ0n) is 21.3. The number of carbonyl (C=O) groups excluding carboxylic acids is 1. The quantitative estimate of drug-likeness (QED) is 0.131. The first-order valence-corrected chi connectivity index (χ1v) is 12.4. The van der Waals surface area contributed by atoms with Gasteiger partial charge in [-0.3, -0.25) is 14.5 Å². The van der Waals surface area contributed by atoms with Gasteiger partial charge >= 0.3 is 5.97 Å². The third-order valence-corrected chi connectivity index (χ3v) is 6.09. The molecule has 2 fully saturated rings. The second-order valence-corrected chi connectivity index (χ2v) is 9.00. The number of piperidine rings is 1. The molecule has 4 atom stereocenters. The van der Waals surface area contributed by atoms with Crippen molar-refractivity contribution >= 4 is 24.0 Å². The molecule has 1 saturated heterocycles. The molecule has 7 nitrogen and oxygen atoms in total. The summed E-state index contributed by atoms with van der Waals surface area (Å²) in [6.45, 7) is 18.0. The van der Waals surface area contributed by atoms with Crippen LogP contribution in [0.25, 0.3) is 0 Å². The number of nitrogens with zero attached hydrogens (tertiary/aromatic N) is 1. The van der Waals surface area contributed by atoms with E-state index in [9.17, 15) is 14.7 Å². The average molecular weight is 498 g/mol. The number of carboxylic acid groups (broad SMARTS) is 1. The van der Waals surface area contributed by atoms with Crippen molar-refractivity contribution in [1.82, 2.24) is 15.7 Å². The molecule has 4 unspecified atom stereocenters. The highest BCUT2D eigenvalue weighted by Gasteiger charge is 2.37. The largest absolute Gasteiger partial charge is 0.480 e. The highest BCUT2D eigenvalue weighted by Crippen LogP contribution is 2.38. The number of likely N-dealkylation sites (N-methyl/N-ethyl adjacent to an activating group) is 1. The zero-order chi connectivity index (χ0) is 25.9. The first-order valence-electron chi connectivity index (χ1n) is 12.0. The number of hydrogen-bond donors (Lipinski definition) is 3. The first-order chi connectivity index (χ1) is 16.3. The zero-order valence-corrected chi connectivity index (χ0v) is 22.0. The Bertz CT molecular complexity index is 681. The van der Waals surface area contributed by atoms with Crippen LogP contribution in [0.1, 0.15) is 53.4 Å². The van der Waals surface area contributed by atoms with Crippen molar-refractivity contribution in [1.29, 1.82) is 0 Å². The molecule has 2 aliphatic rings. The molecule has 34 heavy (non-hydrogen) atoms. The molecule has 0 spiro atoms. The molecule has 0 radical (unpaired) electrons. The lowest BCUT2D eigenvalue weighted by Crippen LogP contribution is -2.50. The molecular formula is C26H44ClN3O4. The maximum Gasteiger partial charge on any atom is 0.320 e. The third kappa shape index (κ3) is 13.6. The Morgan fingerprint density at radius 2 is 1.94 bits per heavy atom. The minimum atomic E-state index is -0.728. The van der Waals surface area contributed by atoms with Crippen molar-refractivity contribution in [3.8, 4) is 0 Å². The van der Waals surface area contributed by atoms with Gasteiger partial charge < -0.3 is 15.3 Å². The Morgan fingerprint density at radius 1 is 1.26 bits per heavy atom. The van der Waals surface area contributed by atoms with Gasteiger partial charge in [0.1, 0.15) is 11.8 Å². The Labute approximate surface area is 210 Å². The summed E-state index contributed by atoms with van der Waals surface area (Å²) in [4.78, 5) is 29.2. The number of nitrogens with one attached hydrogen (secondary N) is 2. The Morgan fingerprint density at radius 3 is 2.41 bits per heavy atom. The van der Waals surface area contributed by atoms with E-state index in [4.69, 9.17) is 16.4 Å². The number of fused-ring (bicyclic) bond motifs is 1. The van der Waals surface area contributed by atoms with Crippen LogP contribution in [0, 0.1) is 17.8 Å². The van der Waals surface area contributed by atoms with Crippen LogP contribution in [0.2, 0.25) is 0 Å². The molecule has 194 valence electrons. The first kappa shape index (κ1) is 31.9. The summed E-state index contributed by atoms with van der Waals surface area (Å²) in [5.41, 5.74) is 2.25. The van der Waals surface area contributed by atoms with Crippen molar-refractivity contribution in [3.63, 3.8) is 0 Å². The Balaban J connectivity index is 0.00000103. The number of aliphatic carboxylic acids is 1. The summed E-state index contributed by atoms with van der Waals surface area (Å²) in [5, 5.41) is 13.0. The molecule has 0 aromatic rings. The van der Waals surface area contributed by atoms with Crippen LogP contribution < -0.4 is 10.8 Å². The van der Waals surface area contributed by atoms with Gasteiger partial charge in [-0.15, -0.1) is 6.58 Å². The standard InChI is InChI=1S/C18H31N3O4.C5H7Cl.C3H6/c1-3-16(25-20-12-22)11-21(4-2)10-13-5-6-14-9-19-17(18(23)24)8-15(14)7-13;1-3-4-5(2)6;1-3-2/h3,12-15,17,19H,4-11H2,1-2H3,(H,20,22)(H,23,24);3-4H,2H2,1H3;3H,1H2,2H3/b16-3-;4-3-;. The van der Waals surface area contributed by atoms with Crippen molar-refractivity contribution in [2.24, 2.45) is 17.8 Å². The molecule has 3 N–H and O–H groups in total. The molecule has 0 bridgehead atoms. The minimum absolute atomic E-state index is 0.389. The molecule has 1 aliphatic heterocycles. The number of halogens is 1. The number of carboxylic acids is 1. The summed E-state index contributed by atoms with van der Waals surface area (Å²) in [5.74, 6) is 1.72. The lowest BCUT2D eigenvalue weighted by Gasteiger charge is -2.42. The third-order valence-electron chi connectivity index (χ3n) is 5.96. The van der Waals surface area contributed by atoms with Gasteiger partial charge in [0, 0.05) is 11.6 Å². The molecule has 8 heteroatoms. The highest BCUT2D eigenvalue weighted by atomic mass is 35.5. The van der Waals surface area contributed by atoms with Gasteiger partial charge in [0.25, 0.3) is 0 Å². The smallest absolute Gasteiger partial charge is 0.320 e. The van der Waals surface area contributed by atoms with Crippen LogP contribution in [0.3, 0.4) is 0 Å². The number of hydroxylamine groups is 1. The summed E-state index contributed by atoms with van der Waals surface area (Å²) >= 11 is 5.30. The Kier molecular flexibility index (Phi) is 18.1. The molecule has 0 aromatic heterocycles. The second kappa shape index (κ2) is 19.2. The predicted molar refractivity (Wildman–Crippen MR) is 140 cm³/mol. The fourth-order valence-corrected chi connectivity index (χ4v) is 4.50. The maximum absolute atomic E-state index is 11.3. The van der Waals surface area contributed by atoms with Crippen LogP contribution in [0.5, 0.6) is 0 Å². The summed E-state index contributed by atoms with van der Waals surface area (Å²) < 4.78 is 0. The molecular weight excluding hydrogens is 454 g/mol. The average Bonchev–Trinajstić information content (AvgIpc) is 2.81. The normalized spacial score (nSPS) is 24.0. The van der Waals surface area contributed by atoms with E-state index in [1.54, 1.807) is 12.2 Å². The van der Waals surface area contributed by atoms with E-state index < -0.39 is 5.97 Å². The van der Waals surface area contributed by atoms with Crippen LogP contribution >= 0.6 is 11.6 Å². The summed E-state index contributed by atoms with van der Waals surface area (Å²) in [6, 6.07) is -0.389. The molecule has 1 saturated carbocycles. The molecule has 0 aromatic carbocycles. The summed E-state index contributed by atoms with van der Waals surface area (Å²) in [6.07, 6.45) is 11.9. The van der Waals surface area contributed by atoms with Crippen molar-refractivity contribution < 1.29 is 19.5 Å². The van der Waals surface area contributed by atoms with Crippen LogP contribution in [-0.2, 0) is 14.4 Å². The second-order valence-electron chi connectivity index (χ2n) is 8.51. The van der Waals surface area contributed by atoms with E-state index in [1.165, 1.54) is 12.8 Å². The van der Waals surface area contributed by atoms with Gasteiger partial charge in [0.2, 0.25) is 6.41 Å². The highest BCUT2D eigenvalue weighted by molar-refractivity contribution is 6.30. The van der Waals surface area contributed by atoms with E-state index in [0.29, 0.717) is 35.7 Å². The predicted octanol–water partition coefficient (Wildman–Crippen LogP) is 4.88. The Hall–Kier alpha value is -2.09. The molecule has 1 aliphatic carbocycles. The van der Waals surface area contributed by atoms with E-state index >= 15 is 0 Å². The monoisotopic (exact) mass is 497 g/mol. The lowest BCUT2D eigenvalue weighted by atomic mass is 9.69. The fraction of sp³-hybridized carbons (Fsp3) is 0.615. The van der Waals surface area contributed by atoms with Crippen LogP contribution in [0.15, 0.2) is 48.3 Å². The molecule has 1 amide bonds. The van der Waals surface area contributed by atoms with E-state index in [1.807, 2.05) is 32.9 Å². The maximum atomic E-state index is 11.3. The van der Waals surface area contributed by atoms with Crippen molar-refractivity contribution in [2.75, 3.05) is 26.2 Å². The van der Waals surface area contributed by atoms with Gasteiger partial charge in [-0.05, 0) is 89.4 Å². The van der Waals surface area contributed by atoms with E-state index in [0.717, 1.165) is 38.2 Å². The number of hydrogen-bond acceptors (Lipinski definition) is 5. The van der Waals surface area contributed by atoms with Gasteiger partial charge in [0.05, 0.1) is 6.54 Å². The van der Waals surface area contributed by atoms with Gasteiger partial charge in [-0.2, -0.15) is 5.48 Å². The van der Waals surface area contributed by atoms with Crippen molar-refractivity contribution in [3.05, 3.63) is 48.3 Å². The minimum Gasteiger partial charge on any atom is -0.480 e. The van der Waals surface area contributed by atoms with Gasteiger partial charge in [0.15, 0.2) is 0 Å². The number of rotatable bonds is 10. The van der Waals surface area contributed by atoms with E-state index in [2.05, 4.69) is 35.8 Å². The number of allylic oxidation sites excluding steroid dienone is 5. The SMILES string of the molecule is C/C=C(/CN(CC)CC1CCC2CNC(C(=O)O)CC2C1)ONC=O.C=C(Cl)/C=C\C.C=CC. The molecule has 2 rings (SSSR count).